The third kappa shape index (κ3) is 3.70. The number of aliphatic carboxylic acids is 1. The number of nitrogens with zero attached hydrogens (tertiary/aromatic N) is 1. The number of carboxylic acid groups (broad SMARTS) is 1. The van der Waals surface area contributed by atoms with Gasteiger partial charge in [-0.25, -0.2) is 4.79 Å². The molecule has 0 aromatic rings. The molecule has 1 aliphatic rings. The molecule has 0 bridgehead atoms. The van der Waals surface area contributed by atoms with Crippen molar-refractivity contribution in [2.24, 2.45) is 0 Å². The lowest BCUT2D eigenvalue weighted by Crippen LogP contribution is -2.42. The van der Waals surface area contributed by atoms with Crippen LogP contribution in [-0.4, -0.2) is 63.7 Å². The third-order valence-corrected chi connectivity index (χ3v) is 2.88. The summed E-state index contributed by atoms with van der Waals surface area (Å²) in [6.07, 6.45) is -1.62. The fourth-order valence-electron chi connectivity index (χ4n) is 1.07. The van der Waals surface area contributed by atoms with E-state index in [0.29, 0.717) is 11.6 Å². The summed E-state index contributed by atoms with van der Waals surface area (Å²) >= 11 is 1.41. The summed E-state index contributed by atoms with van der Waals surface area (Å²) in [5, 5.41) is 19.5. The topological polar surface area (TPSA) is 107 Å². The van der Waals surface area contributed by atoms with Crippen LogP contribution in [0.1, 0.15) is 0 Å². The summed E-state index contributed by atoms with van der Waals surface area (Å²) < 4.78 is 0. The second kappa shape index (κ2) is 5.71. The average molecular weight is 248 g/mol. The minimum Gasteiger partial charge on any atom is -0.479 e. The van der Waals surface area contributed by atoms with Gasteiger partial charge in [0.25, 0.3) is 0 Å². The maximum Gasteiger partial charge on any atom is 0.334 e. The van der Waals surface area contributed by atoms with Gasteiger partial charge in [0, 0.05) is 0 Å². The number of aliphatic hydroxyl groups is 1. The summed E-state index contributed by atoms with van der Waals surface area (Å²) in [5.74, 6) is -1.15. The van der Waals surface area contributed by atoms with Gasteiger partial charge in [-0.05, 0) is 0 Å². The van der Waals surface area contributed by atoms with Crippen molar-refractivity contribution in [3.8, 4) is 0 Å². The van der Waals surface area contributed by atoms with Gasteiger partial charge < -0.3 is 20.4 Å². The van der Waals surface area contributed by atoms with Gasteiger partial charge in [0.15, 0.2) is 6.10 Å². The van der Waals surface area contributed by atoms with Gasteiger partial charge >= 0.3 is 5.97 Å². The second-order valence-electron chi connectivity index (χ2n) is 3.23. The fourth-order valence-corrected chi connectivity index (χ4v) is 1.97. The number of carboxylic acids is 1. The van der Waals surface area contributed by atoms with Crippen LogP contribution in [0.15, 0.2) is 0 Å². The van der Waals surface area contributed by atoms with Gasteiger partial charge in [0.2, 0.25) is 11.8 Å². The first-order valence-electron chi connectivity index (χ1n) is 4.54. The summed E-state index contributed by atoms with van der Waals surface area (Å²) in [7, 11) is 0. The van der Waals surface area contributed by atoms with Crippen LogP contribution in [0.3, 0.4) is 0 Å². The van der Waals surface area contributed by atoms with E-state index < -0.39 is 18.0 Å². The van der Waals surface area contributed by atoms with Crippen LogP contribution in [0.25, 0.3) is 0 Å². The number of amides is 2. The maximum absolute atomic E-state index is 11.3. The number of carbonyl (C=O) groups excluding carboxylic acids is 2. The predicted molar refractivity (Wildman–Crippen MR) is 55.7 cm³/mol. The smallest absolute Gasteiger partial charge is 0.334 e. The highest BCUT2D eigenvalue weighted by molar-refractivity contribution is 8.00. The van der Waals surface area contributed by atoms with Crippen LogP contribution in [0.5, 0.6) is 0 Å². The Morgan fingerprint density at radius 1 is 1.56 bits per heavy atom. The van der Waals surface area contributed by atoms with Crippen molar-refractivity contribution in [3.63, 3.8) is 0 Å². The van der Waals surface area contributed by atoms with E-state index in [9.17, 15) is 14.4 Å². The zero-order valence-electron chi connectivity index (χ0n) is 8.38. The standard InChI is InChI=1S/C8H12N2O5S/c11-5(8(14)15)1-9-6(12)2-10-4-16-3-7(10)13/h5,11H,1-4H2,(H,9,12)(H,14,15)/t5-/m0/s1. The molecule has 1 aliphatic heterocycles. The van der Waals surface area contributed by atoms with E-state index in [4.69, 9.17) is 10.2 Å². The van der Waals surface area contributed by atoms with Gasteiger partial charge in [-0.15, -0.1) is 11.8 Å². The molecule has 0 radical (unpaired) electrons. The Labute approximate surface area is 95.8 Å². The van der Waals surface area contributed by atoms with Crippen molar-refractivity contribution in [1.29, 1.82) is 0 Å². The van der Waals surface area contributed by atoms with Crippen molar-refractivity contribution in [3.05, 3.63) is 0 Å². The fraction of sp³-hybridized carbons (Fsp3) is 0.625. The van der Waals surface area contributed by atoms with Crippen LogP contribution < -0.4 is 5.32 Å². The van der Waals surface area contributed by atoms with E-state index in [1.807, 2.05) is 0 Å². The molecule has 0 aliphatic carbocycles. The first kappa shape index (κ1) is 12.8. The minimum atomic E-state index is -1.62. The van der Waals surface area contributed by atoms with E-state index >= 15 is 0 Å². The summed E-state index contributed by atoms with van der Waals surface area (Å²) in [4.78, 5) is 34.0. The monoisotopic (exact) mass is 248 g/mol. The molecule has 1 fully saturated rings. The lowest BCUT2D eigenvalue weighted by molar-refractivity contribution is -0.146. The molecular weight excluding hydrogens is 236 g/mol. The molecule has 2 amide bonds. The SMILES string of the molecule is O=C(CN1CSCC1=O)NC[C@H](O)C(=O)O. The summed E-state index contributed by atoms with van der Waals surface area (Å²) in [6.45, 7) is -0.457. The van der Waals surface area contributed by atoms with Crippen LogP contribution >= 0.6 is 11.8 Å². The highest BCUT2D eigenvalue weighted by atomic mass is 32.2. The normalized spacial score (nSPS) is 17.3. The van der Waals surface area contributed by atoms with Crippen molar-refractivity contribution < 1.29 is 24.6 Å². The molecule has 1 heterocycles. The molecule has 90 valence electrons. The Kier molecular flexibility index (Phi) is 4.56. The van der Waals surface area contributed by atoms with Crippen molar-refractivity contribution >= 4 is 29.5 Å². The van der Waals surface area contributed by atoms with E-state index in [1.165, 1.54) is 16.7 Å². The van der Waals surface area contributed by atoms with E-state index in [2.05, 4.69) is 5.32 Å². The molecule has 0 saturated carbocycles. The molecule has 1 saturated heterocycles. The van der Waals surface area contributed by atoms with Crippen molar-refractivity contribution in [2.75, 3.05) is 24.7 Å². The lowest BCUT2D eigenvalue weighted by atomic mass is 10.3. The highest BCUT2D eigenvalue weighted by Crippen LogP contribution is 2.13. The van der Waals surface area contributed by atoms with E-state index in [1.54, 1.807) is 0 Å². The highest BCUT2D eigenvalue weighted by Gasteiger charge is 2.23. The number of rotatable bonds is 5. The first-order valence-corrected chi connectivity index (χ1v) is 5.69. The Balaban J connectivity index is 2.25. The predicted octanol–water partition coefficient (Wildman–Crippen LogP) is -1.92. The summed E-state index contributed by atoms with van der Waals surface area (Å²) in [5.41, 5.74) is 0. The van der Waals surface area contributed by atoms with Crippen LogP contribution in [0, 0.1) is 0 Å². The minimum absolute atomic E-state index is 0.0990. The molecule has 3 N–H and O–H groups in total. The molecule has 16 heavy (non-hydrogen) atoms. The molecular formula is C8H12N2O5S. The van der Waals surface area contributed by atoms with Crippen molar-refractivity contribution in [2.45, 2.75) is 6.10 Å². The molecule has 1 atom stereocenters. The van der Waals surface area contributed by atoms with Gasteiger partial charge in [-0.2, -0.15) is 0 Å². The average Bonchev–Trinajstić information content (AvgIpc) is 2.60. The largest absolute Gasteiger partial charge is 0.479 e. The number of hydrogen-bond donors (Lipinski definition) is 3. The Morgan fingerprint density at radius 2 is 2.25 bits per heavy atom. The Hall–Kier alpha value is -1.28. The maximum atomic E-state index is 11.3. The summed E-state index contributed by atoms with van der Waals surface area (Å²) in [6, 6.07) is 0. The third-order valence-electron chi connectivity index (χ3n) is 1.94. The van der Waals surface area contributed by atoms with Gasteiger partial charge in [-0.1, -0.05) is 0 Å². The van der Waals surface area contributed by atoms with Gasteiger partial charge in [0.05, 0.1) is 18.2 Å². The van der Waals surface area contributed by atoms with E-state index in [-0.39, 0.29) is 19.0 Å². The van der Waals surface area contributed by atoms with Gasteiger partial charge in [-0.3, -0.25) is 9.59 Å². The lowest BCUT2D eigenvalue weighted by Gasteiger charge is -2.14. The number of thioether (sulfide) groups is 1. The molecule has 0 aromatic heterocycles. The van der Waals surface area contributed by atoms with Gasteiger partial charge in [0.1, 0.15) is 6.54 Å². The Bertz CT molecular complexity index is 309. The van der Waals surface area contributed by atoms with Crippen LogP contribution in [0.4, 0.5) is 0 Å². The number of carbonyl (C=O) groups is 3. The molecule has 8 heteroatoms. The molecule has 0 unspecified atom stereocenters. The van der Waals surface area contributed by atoms with Crippen molar-refractivity contribution in [1.82, 2.24) is 10.2 Å². The van der Waals surface area contributed by atoms with E-state index in [0.717, 1.165) is 0 Å². The number of aliphatic hydroxyl groups excluding tert-OH is 1. The first-order chi connectivity index (χ1) is 7.50. The number of hydrogen-bond acceptors (Lipinski definition) is 5. The second-order valence-corrected chi connectivity index (χ2v) is 4.18. The Morgan fingerprint density at radius 3 is 2.75 bits per heavy atom. The quantitative estimate of drug-likeness (QED) is 0.523. The molecule has 7 nitrogen and oxygen atoms in total. The van der Waals surface area contributed by atoms with Crippen LogP contribution in [0.2, 0.25) is 0 Å². The zero-order chi connectivity index (χ0) is 12.1. The van der Waals surface area contributed by atoms with Crippen LogP contribution in [-0.2, 0) is 14.4 Å². The molecule has 1 rings (SSSR count). The molecule has 0 spiro atoms. The zero-order valence-corrected chi connectivity index (χ0v) is 9.20. The molecule has 0 aromatic carbocycles. The number of nitrogens with one attached hydrogen (secondary N) is 1.